The molecule has 1 aliphatic heterocycles. The Balaban J connectivity index is 1.96. The smallest absolute Gasteiger partial charge is 0.232 e. The summed E-state index contributed by atoms with van der Waals surface area (Å²) in [6.07, 6.45) is 4.03. The zero-order valence-electron chi connectivity index (χ0n) is 13.0. The van der Waals surface area contributed by atoms with Crippen molar-refractivity contribution in [3.8, 4) is 0 Å². The van der Waals surface area contributed by atoms with Crippen LogP contribution in [-0.4, -0.2) is 27.3 Å². The molecule has 21 heavy (non-hydrogen) atoms. The predicted molar refractivity (Wildman–Crippen MR) is 89.4 cm³/mol. The number of benzene rings is 1. The summed E-state index contributed by atoms with van der Waals surface area (Å²) < 4.78 is 26.4. The fourth-order valence-corrected chi connectivity index (χ4v) is 3.84. The van der Waals surface area contributed by atoms with Gasteiger partial charge in [0.2, 0.25) is 10.0 Å². The average molecular weight is 310 g/mol. The molecule has 4 nitrogen and oxygen atoms in total. The van der Waals surface area contributed by atoms with Crippen molar-refractivity contribution in [1.29, 1.82) is 0 Å². The molecule has 0 amide bonds. The number of hydrogen-bond acceptors (Lipinski definition) is 3. The number of unbranched alkanes of at least 4 members (excludes halogenated alkanes) is 1. The standard InChI is InChI=1S/C16H26N2O2S/c1-3-4-13-21(19,20)17-15-5-7-16(8-6-15)18-11-9-14(2)10-12-18/h5-8,14,17H,3-4,9-13H2,1-2H3. The van der Waals surface area contributed by atoms with Gasteiger partial charge in [0.05, 0.1) is 5.75 Å². The SMILES string of the molecule is CCCCS(=O)(=O)Nc1ccc(N2CCC(C)CC2)cc1. The molecule has 1 saturated heterocycles. The Hall–Kier alpha value is -1.23. The first-order valence-corrected chi connectivity index (χ1v) is 9.51. The molecule has 0 radical (unpaired) electrons. The van der Waals surface area contributed by atoms with Crippen LogP contribution in [0.4, 0.5) is 11.4 Å². The van der Waals surface area contributed by atoms with Crippen molar-refractivity contribution < 1.29 is 8.42 Å². The minimum Gasteiger partial charge on any atom is -0.372 e. The van der Waals surface area contributed by atoms with Crippen LogP contribution in [0.25, 0.3) is 0 Å². The third-order valence-corrected chi connectivity index (χ3v) is 5.43. The summed E-state index contributed by atoms with van der Waals surface area (Å²) in [4.78, 5) is 2.37. The van der Waals surface area contributed by atoms with Gasteiger partial charge in [0.1, 0.15) is 0 Å². The van der Waals surface area contributed by atoms with Crippen molar-refractivity contribution in [3.05, 3.63) is 24.3 Å². The molecule has 1 aliphatic rings. The zero-order chi connectivity index (χ0) is 15.3. The van der Waals surface area contributed by atoms with Gasteiger partial charge >= 0.3 is 0 Å². The van der Waals surface area contributed by atoms with E-state index in [1.54, 1.807) is 0 Å². The van der Waals surface area contributed by atoms with Gasteiger partial charge in [-0.15, -0.1) is 0 Å². The lowest BCUT2D eigenvalue weighted by Crippen LogP contribution is -2.32. The molecule has 1 aromatic rings. The van der Waals surface area contributed by atoms with E-state index in [-0.39, 0.29) is 5.75 Å². The van der Waals surface area contributed by atoms with Gasteiger partial charge in [-0.25, -0.2) is 8.42 Å². The fourth-order valence-electron chi connectivity index (χ4n) is 2.57. The number of anilines is 2. The number of sulfonamides is 1. The van der Waals surface area contributed by atoms with Crippen molar-refractivity contribution >= 4 is 21.4 Å². The van der Waals surface area contributed by atoms with Crippen molar-refractivity contribution in [1.82, 2.24) is 0 Å². The molecule has 1 N–H and O–H groups in total. The maximum atomic E-state index is 11.9. The van der Waals surface area contributed by atoms with E-state index in [1.807, 2.05) is 31.2 Å². The molecule has 2 rings (SSSR count). The topological polar surface area (TPSA) is 49.4 Å². The maximum absolute atomic E-state index is 11.9. The summed E-state index contributed by atoms with van der Waals surface area (Å²) in [7, 11) is -3.21. The van der Waals surface area contributed by atoms with E-state index in [9.17, 15) is 8.42 Å². The van der Waals surface area contributed by atoms with Gasteiger partial charge < -0.3 is 4.90 Å². The number of nitrogens with one attached hydrogen (secondary N) is 1. The normalized spacial score (nSPS) is 17.0. The number of piperidine rings is 1. The van der Waals surface area contributed by atoms with Gasteiger partial charge in [0.15, 0.2) is 0 Å². The first-order chi connectivity index (χ1) is 10.00. The van der Waals surface area contributed by atoms with Crippen molar-refractivity contribution in [2.45, 2.75) is 39.5 Å². The number of hydrogen-bond donors (Lipinski definition) is 1. The molecular weight excluding hydrogens is 284 g/mol. The molecule has 0 atom stereocenters. The van der Waals surface area contributed by atoms with E-state index in [0.29, 0.717) is 12.1 Å². The highest BCUT2D eigenvalue weighted by molar-refractivity contribution is 7.92. The monoisotopic (exact) mass is 310 g/mol. The first-order valence-electron chi connectivity index (χ1n) is 7.85. The number of rotatable bonds is 6. The highest BCUT2D eigenvalue weighted by Crippen LogP contribution is 2.24. The highest BCUT2D eigenvalue weighted by atomic mass is 32.2. The lowest BCUT2D eigenvalue weighted by molar-refractivity contribution is 0.438. The molecule has 5 heteroatoms. The molecule has 0 unspecified atom stereocenters. The molecule has 1 aromatic carbocycles. The highest BCUT2D eigenvalue weighted by Gasteiger charge is 2.16. The van der Waals surface area contributed by atoms with E-state index < -0.39 is 10.0 Å². The van der Waals surface area contributed by atoms with Gasteiger partial charge in [-0.05, 0) is 49.4 Å². The Kier molecular flexibility index (Phi) is 5.51. The second kappa shape index (κ2) is 7.16. The summed E-state index contributed by atoms with van der Waals surface area (Å²) in [5, 5.41) is 0. The zero-order valence-corrected chi connectivity index (χ0v) is 13.8. The second-order valence-electron chi connectivity index (χ2n) is 5.99. The summed E-state index contributed by atoms with van der Waals surface area (Å²) in [6.45, 7) is 6.46. The van der Waals surface area contributed by atoms with Gasteiger partial charge in [-0.2, -0.15) is 0 Å². The fraction of sp³-hybridized carbons (Fsp3) is 0.625. The van der Waals surface area contributed by atoms with E-state index in [1.165, 1.54) is 18.5 Å². The quantitative estimate of drug-likeness (QED) is 0.875. The molecule has 118 valence electrons. The lowest BCUT2D eigenvalue weighted by atomic mass is 9.99. The van der Waals surface area contributed by atoms with Crippen LogP contribution >= 0.6 is 0 Å². The summed E-state index contributed by atoms with van der Waals surface area (Å²) in [5.74, 6) is 1.00. The Morgan fingerprint density at radius 2 is 1.81 bits per heavy atom. The van der Waals surface area contributed by atoms with E-state index in [2.05, 4.69) is 16.5 Å². The summed E-state index contributed by atoms with van der Waals surface area (Å²) in [5.41, 5.74) is 1.83. The lowest BCUT2D eigenvalue weighted by Gasteiger charge is -2.32. The van der Waals surface area contributed by atoms with Gasteiger partial charge in [0, 0.05) is 24.5 Å². The van der Waals surface area contributed by atoms with Gasteiger partial charge in [-0.1, -0.05) is 20.3 Å². The van der Waals surface area contributed by atoms with Crippen molar-refractivity contribution in [2.75, 3.05) is 28.5 Å². The van der Waals surface area contributed by atoms with Crippen LogP contribution in [0, 0.1) is 5.92 Å². The molecule has 0 aliphatic carbocycles. The minimum atomic E-state index is -3.21. The largest absolute Gasteiger partial charge is 0.372 e. The number of nitrogens with zero attached hydrogens (tertiary/aromatic N) is 1. The Morgan fingerprint density at radius 1 is 1.19 bits per heavy atom. The van der Waals surface area contributed by atoms with Crippen LogP contribution in [0.5, 0.6) is 0 Å². The van der Waals surface area contributed by atoms with Crippen LogP contribution < -0.4 is 9.62 Å². The maximum Gasteiger partial charge on any atom is 0.232 e. The van der Waals surface area contributed by atoms with E-state index in [4.69, 9.17) is 0 Å². The summed E-state index contributed by atoms with van der Waals surface area (Å²) >= 11 is 0. The van der Waals surface area contributed by atoms with E-state index in [0.717, 1.165) is 25.4 Å². The second-order valence-corrected chi connectivity index (χ2v) is 7.83. The molecule has 1 heterocycles. The Bertz CT molecular complexity index is 532. The van der Waals surface area contributed by atoms with Crippen molar-refractivity contribution in [3.63, 3.8) is 0 Å². The molecule has 0 bridgehead atoms. The Labute approximate surface area is 128 Å². The molecule has 0 saturated carbocycles. The molecule has 1 fully saturated rings. The van der Waals surface area contributed by atoms with Crippen LogP contribution in [0.1, 0.15) is 39.5 Å². The van der Waals surface area contributed by atoms with Gasteiger partial charge in [-0.3, -0.25) is 4.72 Å². The summed E-state index contributed by atoms with van der Waals surface area (Å²) in [6, 6.07) is 7.73. The van der Waals surface area contributed by atoms with Gasteiger partial charge in [0.25, 0.3) is 0 Å². The third kappa shape index (κ3) is 4.92. The third-order valence-electron chi connectivity index (χ3n) is 4.06. The molecular formula is C16H26N2O2S. The molecule has 0 spiro atoms. The average Bonchev–Trinajstić information content (AvgIpc) is 2.47. The first kappa shape index (κ1) is 16.1. The minimum absolute atomic E-state index is 0.190. The Morgan fingerprint density at radius 3 is 2.38 bits per heavy atom. The van der Waals surface area contributed by atoms with Crippen LogP contribution in [0.3, 0.4) is 0 Å². The van der Waals surface area contributed by atoms with E-state index >= 15 is 0 Å². The molecule has 0 aromatic heterocycles. The van der Waals surface area contributed by atoms with Crippen LogP contribution in [-0.2, 0) is 10.0 Å². The van der Waals surface area contributed by atoms with Crippen LogP contribution in [0.15, 0.2) is 24.3 Å². The predicted octanol–water partition coefficient (Wildman–Crippen LogP) is 3.46. The van der Waals surface area contributed by atoms with Crippen molar-refractivity contribution in [2.24, 2.45) is 5.92 Å². The van der Waals surface area contributed by atoms with Crippen LogP contribution in [0.2, 0.25) is 0 Å².